The minimum absolute atomic E-state index is 0.444. The Morgan fingerprint density at radius 3 is 2.46 bits per heavy atom. The van der Waals surface area contributed by atoms with Crippen LogP contribution in [-0.2, 0) is 13.1 Å². The fourth-order valence-corrected chi connectivity index (χ4v) is 3.70. The Balaban J connectivity index is 1.82. The van der Waals surface area contributed by atoms with Gasteiger partial charge in [0, 0.05) is 25.2 Å². The minimum atomic E-state index is -0.448. The first-order valence-corrected chi connectivity index (χ1v) is 9.87. The van der Waals surface area contributed by atoms with Crippen LogP contribution in [0.2, 0.25) is 0 Å². The molecule has 1 aliphatic heterocycles. The van der Waals surface area contributed by atoms with E-state index in [0.717, 1.165) is 53.4 Å². The van der Waals surface area contributed by atoms with Crippen LogP contribution in [-0.4, -0.2) is 37.4 Å². The van der Waals surface area contributed by atoms with E-state index in [1.54, 1.807) is 14.2 Å². The van der Waals surface area contributed by atoms with Crippen LogP contribution < -0.4 is 14.2 Å². The molecule has 3 rings (SSSR count). The van der Waals surface area contributed by atoms with Gasteiger partial charge in [-0.1, -0.05) is 26.0 Å². The molecule has 28 heavy (non-hydrogen) atoms. The van der Waals surface area contributed by atoms with Gasteiger partial charge in [0.15, 0.2) is 0 Å². The summed E-state index contributed by atoms with van der Waals surface area (Å²) in [5.74, 6) is 2.99. The summed E-state index contributed by atoms with van der Waals surface area (Å²) in [5, 5.41) is 10.5. The Morgan fingerprint density at radius 2 is 1.82 bits per heavy atom. The summed E-state index contributed by atoms with van der Waals surface area (Å²) in [6.45, 7) is 7.13. The maximum Gasteiger partial charge on any atom is 0.127 e. The van der Waals surface area contributed by atoms with Crippen LogP contribution in [0.4, 0.5) is 0 Å². The van der Waals surface area contributed by atoms with Gasteiger partial charge in [0.2, 0.25) is 0 Å². The fraction of sp³-hybridized carbons (Fsp3) is 0.478. The van der Waals surface area contributed by atoms with Crippen molar-refractivity contribution in [2.24, 2.45) is 5.92 Å². The molecule has 152 valence electrons. The predicted molar refractivity (Wildman–Crippen MR) is 110 cm³/mol. The third kappa shape index (κ3) is 4.78. The number of nitrogens with zero attached hydrogens (tertiary/aromatic N) is 1. The number of aliphatic hydroxyl groups is 1. The maximum absolute atomic E-state index is 10.5. The van der Waals surface area contributed by atoms with Crippen molar-refractivity contribution >= 4 is 0 Å². The van der Waals surface area contributed by atoms with Crippen LogP contribution in [0.25, 0.3) is 0 Å². The number of aliphatic hydroxyl groups excluding tert-OH is 1. The van der Waals surface area contributed by atoms with E-state index in [-0.39, 0.29) is 0 Å². The lowest BCUT2D eigenvalue weighted by Crippen LogP contribution is -2.25. The molecule has 5 heteroatoms. The lowest BCUT2D eigenvalue weighted by molar-refractivity contribution is 0.151. The largest absolute Gasteiger partial charge is 0.496 e. The summed E-state index contributed by atoms with van der Waals surface area (Å²) in [6.07, 6.45) is 0.304. The molecule has 0 radical (unpaired) electrons. The molecule has 0 aromatic heterocycles. The third-order valence-electron chi connectivity index (χ3n) is 5.13. The van der Waals surface area contributed by atoms with Crippen LogP contribution in [0.15, 0.2) is 36.4 Å². The van der Waals surface area contributed by atoms with E-state index in [0.29, 0.717) is 19.1 Å². The molecular formula is C23H31NO4. The Kier molecular flexibility index (Phi) is 6.81. The van der Waals surface area contributed by atoms with E-state index in [1.807, 2.05) is 30.3 Å². The van der Waals surface area contributed by atoms with Gasteiger partial charge in [-0.25, -0.2) is 0 Å². The molecule has 1 aliphatic rings. The number of hydrogen-bond donors (Lipinski definition) is 1. The number of hydrogen-bond acceptors (Lipinski definition) is 5. The summed E-state index contributed by atoms with van der Waals surface area (Å²) >= 11 is 0. The van der Waals surface area contributed by atoms with Gasteiger partial charge < -0.3 is 19.3 Å². The van der Waals surface area contributed by atoms with Gasteiger partial charge in [-0.15, -0.1) is 0 Å². The Hall–Kier alpha value is -2.24. The van der Waals surface area contributed by atoms with Crippen LogP contribution in [0, 0.1) is 5.92 Å². The molecule has 0 amide bonds. The van der Waals surface area contributed by atoms with Gasteiger partial charge in [-0.05, 0) is 42.2 Å². The molecule has 0 bridgehead atoms. The average Bonchev–Trinajstić information content (AvgIpc) is 2.88. The topological polar surface area (TPSA) is 51.2 Å². The van der Waals surface area contributed by atoms with Crippen molar-refractivity contribution in [3.8, 4) is 17.2 Å². The van der Waals surface area contributed by atoms with Crippen LogP contribution in [0.1, 0.15) is 43.1 Å². The molecule has 1 unspecified atom stereocenters. The second kappa shape index (κ2) is 9.30. The van der Waals surface area contributed by atoms with Crippen LogP contribution in [0.3, 0.4) is 0 Å². The second-order valence-corrected chi connectivity index (χ2v) is 7.71. The van der Waals surface area contributed by atoms with Gasteiger partial charge >= 0.3 is 0 Å². The monoisotopic (exact) mass is 385 g/mol. The fourth-order valence-electron chi connectivity index (χ4n) is 3.70. The highest BCUT2D eigenvalue weighted by molar-refractivity contribution is 5.45. The van der Waals surface area contributed by atoms with Crippen molar-refractivity contribution < 1.29 is 19.3 Å². The van der Waals surface area contributed by atoms with Crippen molar-refractivity contribution in [2.45, 2.75) is 39.5 Å². The van der Waals surface area contributed by atoms with E-state index in [1.165, 1.54) is 0 Å². The molecule has 2 aromatic rings. The van der Waals surface area contributed by atoms with E-state index < -0.39 is 6.10 Å². The van der Waals surface area contributed by atoms with Crippen LogP contribution in [0.5, 0.6) is 17.2 Å². The Bertz CT molecular complexity index is 768. The van der Waals surface area contributed by atoms with Crippen LogP contribution >= 0.6 is 0 Å². The van der Waals surface area contributed by atoms with Gasteiger partial charge in [-0.3, -0.25) is 4.90 Å². The smallest absolute Gasteiger partial charge is 0.127 e. The second-order valence-electron chi connectivity index (χ2n) is 7.71. The highest BCUT2D eigenvalue weighted by Gasteiger charge is 2.21. The summed E-state index contributed by atoms with van der Waals surface area (Å²) in [6, 6.07) is 11.9. The van der Waals surface area contributed by atoms with Gasteiger partial charge in [0.1, 0.15) is 23.9 Å². The Morgan fingerprint density at radius 1 is 1.11 bits per heavy atom. The minimum Gasteiger partial charge on any atom is -0.496 e. The normalized spacial score (nSPS) is 15.5. The number of fused-ring (bicyclic) bond motifs is 1. The number of methoxy groups -OCH3 is 2. The number of ether oxygens (including phenoxy) is 3. The zero-order valence-corrected chi connectivity index (χ0v) is 17.3. The quantitative estimate of drug-likeness (QED) is 0.775. The van der Waals surface area contributed by atoms with E-state index in [2.05, 4.69) is 24.8 Å². The predicted octanol–water partition coefficient (Wildman–Crippen LogP) is 4.18. The van der Waals surface area contributed by atoms with Gasteiger partial charge in [0.25, 0.3) is 0 Å². The lowest BCUT2D eigenvalue weighted by atomic mass is 9.97. The van der Waals surface area contributed by atoms with Crippen molar-refractivity contribution in [1.29, 1.82) is 0 Å². The van der Waals surface area contributed by atoms with Crippen molar-refractivity contribution in [2.75, 3.05) is 27.4 Å². The molecule has 1 atom stereocenters. The first kappa shape index (κ1) is 20.5. The zero-order chi connectivity index (χ0) is 20.1. The van der Waals surface area contributed by atoms with E-state index in [9.17, 15) is 5.11 Å². The molecular weight excluding hydrogens is 354 g/mol. The average molecular weight is 386 g/mol. The van der Waals surface area contributed by atoms with Crippen molar-refractivity contribution in [3.63, 3.8) is 0 Å². The summed E-state index contributed by atoms with van der Waals surface area (Å²) in [5.41, 5.74) is 3.09. The summed E-state index contributed by atoms with van der Waals surface area (Å²) in [7, 11) is 3.36. The highest BCUT2D eigenvalue weighted by atomic mass is 16.5. The Labute approximate surface area is 167 Å². The molecule has 0 saturated heterocycles. The SMILES string of the molecule is COc1cccc(OC)c1CN1CCOc2ccc(C(O)CC(C)C)cc2C1. The molecule has 1 N–H and O–H groups in total. The van der Waals surface area contributed by atoms with Gasteiger partial charge in [-0.2, -0.15) is 0 Å². The number of benzene rings is 2. The van der Waals surface area contributed by atoms with Crippen molar-refractivity contribution in [3.05, 3.63) is 53.1 Å². The first-order valence-electron chi connectivity index (χ1n) is 9.87. The summed E-state index contributed by atoms with van der Waals surface area (Å²) < 4.78 is 17.1. The summed E-state index contributed by atoms with van der Waals surface area (Å²) in [4.78, 5) is 2.32. The van der Waals surface area contributed by atoms with Crippen molar-refractivity contribution in [1.82, 2.24) is 4.90 Å². The molecule has 0 spiro atoms. The number of rotatable bonds is 7. The standard InChI is InChI=1S/C23H31NO4/c1-16(2)12-20(25)17-8-9-21-18(13-17)14-24(10-11-28-21)15-19-22(26-3)6-5-7-23(19)27-4/h5-9,13,16,20,25H,10-12,14-15H2,1-4H3. The lowest BCUT2D eigenvalue weighted by Gasteiger charge is -2.22. The maximum atomic E-state index is 10.5. The molecule has 1 heterocycles. The zero-order valence-electron chi connectivity index (χ0n) is 17.3. The molecule has 0 aliphatic carbocycles. The van der Waals surface area contributed by atoms with E-state index >= 15 is 0 Å². The highest BCUT2D eigenvalue weighted by Crippen LogP contribution is 2.33. The molecule has 2 aromatic carbocycles. The van der Waals surface area contributed by atoms with E-state index in [4.69, 9.17) is 14.2 Å². The van der Waals surface area contributed by atoms with Gasteiger partial charge in [0.05, 0.1) is 25.9 Å². The molecule has 0 saturated carbocycles. The first-order chi connectivity index (χ1) is 13.5. The molecule has 5 nitrogen and oxygen atoms in total. The third-order valence-corrected chi connectivity index (χ3v) is 5.13. The molecule has 0 fully saturated rings.